The van der Waals surface area contributed by atoms with Crippen molar-refractivity contribution in [3.05, 3.63) is 33.1 Å². The van der Waals surface area contributed by atoms with Crippen LogP contribution in [0.5, 0.6) is 0 Å². The van der Waals surface area contributed by atoms with E-state index in [9.17, 15) is 9.90 Å². The molecule has 1 atom stereocenters. The Bertz CT molecular complexity index is 654. The summed E-state index contributed by atoms with van der Waals surface area (Å²) in [6.45, 7) is 4.00. The molecule has 1 aromatic heterocycles. The number of fused-ring (bicyclic) bond motifs is 1. The first kappa shape index (κ1) is 16.6. The molecule has 21 heavy (non-hydrogen) atoms. The minimum absolute atomic E-state index is 0.0851. The minimum atomic E-state index is -0.262. The van der Waals surface area contributed by atoms with E-state index in [-0.39, 0.29) is 18.6 Å². The van der Waals surface area contributed by atoms with Gasteiger partial charge in [0.2, 0.25) is 0 Å². The van der Waals surface area contributed by atoms with E-state index in [0.717, 1.165) is 16.5 Å². The van der Waals surface area contributed by atoms with Crippen molar-refractivity contribution in [3.63, 3.8) is 0 Å². The van der Waals surface area contributed by atoms with E-state index in [4.69, 9.17) is 23.2 Å². The fourth-order valence-electron chi connectivity index (χ4n) is 2.18. The summed E-state index contributed by atoms with van der Waals surface area (Å²) in [5.41, 5.74) is 0. The predicted molar refractivity (Wildman–Crippen MR) is 89.6 cm³/mol. The normalized spacial score (nSPS) is 12.9. The average Bonchev–Trinajstić information content (AvgIpc) is 2.74. The smallest absolute Gasteiger partial charge is 0.263 e. The van der Waals surface area contributed by atoms with Crippen molar-refractivity contribution in [1.29, 1.82) is 0 Å². The van der Waals surface area contributed by atoms with Gasteiger partial charge in [-0.3, -0.25) is 4.79 Å². The zero-order chi connectivity index (χ0) is 15.6. The van der Waals surface area contributed by atoms with Gasteiger partial charge in [-0.05, 0) is 24.5 Å². The van der Waals surface area contributed by atoms with Crippen LogP contribution in [-0.2, 0) is 0 Å². The van der Waals surface area contributed by atoms with E-state index in [2.05, 4.69) is 5.32 Å². The van der Waals surface area contributed by atoms with Gasteiger partial charge in [-0.25, -0.2) is 0 Å². The Labute approximate surface area is 137 Å². The maximum Gasteiger partial charge on any atom is 0.263 e. The first-order chi connectivity index (χ1) is 9.92. The predicted octanol–water partition coefficient (Wildman–Crippen LogP) is 4.34. The van der Waals surface area contributed by atoms with E-state index < -0.39 is 0 Å². The number of rotatable bonds is 5. The summed E-state index contributed by atoms with van der Waals surface area (Å²) in [4.78, 5) is 12.8. The van der Waals surface area contributed by atoms with Crippen LogP contribution < -0.4 is 5.32 Å². The summed E-state index contributed by atoms with van der Waals surface area (Å²) >= 11 is 13.5. The van der Waals surface area contributed by atoms with Gasteiger partial charge in [0.1, 0.15) is 4.88 Å². The minimum Gasteiger partial charge on any atom is -0.394 e. The number of thiophene rings is 1. The standard InChI is InChI=1S/C15H17Cl2NO2S/c1-8(2)5-10(7-19)18-15(20)14-13(17)11-4-3-9(16)6-12(11)21-14/h3-4,6,8,10,19H,5,7H2,1-2H3,(H,18,20). The van der Waals surface area contributed by atoms with Crippen molar-refractivity contribution in [2.75, 3.05) is 6.61 Å². The molecule has 1 amide bonds. The largest absolute Gasteiger partial charge is 0.394 e. The third-order valence-electron chi connectivity index (χ3n) is 3.11. The monoisotopic (exact) mass is 345 g/mol. The zero-order valence-corrected chi connectivity index (χ0v) is 14.1. The molecule has 0 saturated heterocycles. The van der Waals surface area contributed by atoms with Crippen LogP contribution >= 0.6 is 34.5 Å². The molecule has 3 nitrogen and oxygen atoms in total. The van der Waals surface area contributed by atoms with Gasteiger partial charge in [0.25, 0.3) is 5.91 Å². The fourth-order valence-corrected chi connectivity index (χ4v) is 3.88. The summed E-state index contributed by atoms with van der Waals surface area (Å²) in [6.07, 6.45) is 0.719. The lowest BCUT2D eigenvalue weighted by atomic mass is 10.0. The van der Waals surface area contributed by atoms with Gasteiger partial charge in [-0.2, -0.15) is 0 Å². The van der Waals surface area contributed by atoms with Gasteiger partial charge < -0.3 is 10.4 Å². The van der Waals surface area contributed by atoms with E-state index in [1.165, 1.54) is 11.3 Å². The first-order valence-corrected chi connectivity index (χ1v) is 8.29. The molecule has 1 aromatic carbocycles. The number of halogens is 2. The second-order valence-electron chi connectivity index (χ2n) is 5.37. The molecule has 0 saturated carbocycles. The molecule has 2 aromatic rings. The molecule has 1 unspecified atom stereocenters. The molecular formula is C15H17Cl2NO2S. The summed E-state index contributed by atoms with van der Waals surface area (Å²) in [6, 6.07) is 5.09. The Morgan fingerprint density at radius 3 is 2.71 bits per heavy atom. The molecule has 114 valence electrons. The van der Waals surface area contributed by atoms with Crippen LogP contribution in [0.3, 0.4) is 0 Å². The van der Waals surface area contributed by atoms with Gasteiger partial charge in [-0.1, -0.05) is 43.1 Å². The highest BCUT2D eigenvalue weighted by molar-refractivity contribution is 7.21. The molecule has 2 N–H and O–H groups in total. The highest BCUT2D eigenvalue weighted by Crippen LogP contribution is 2.36. The molecule has 0 aliphatic heterocycles. The number of aliphatic hydroxyl groups is 1. The maximum absolute atomic E-state index is 12.3. The summed E-state index contributed by atoms with van der Waals surface area (Å²) in [5.74, 6) is 0.135. The number of benzene rings is 1. The SMILES string of the molecule is CC(C)CC(CO)NC(=O)c1sc2cc(Cl)ccc2c1Cl. The van der Waals surface area contributed by atoms with Gasteiger partial charge in [-0.15, -0.1) is 11.3 Å². The molecule has 0 aliphatic carbocycles. The Morgan fingerprint density at radius 2 is 2.10 bits per heavy atom. The van der Waals surface area contributed by atoms with Crippen molar-refractivity contribution in [2.45, 2.75) is 26.3 Å². The molecule has 0 radical (unpaired) electrons. The molecule has 6 heteroatoms. The van der Waals surface area contributed by atoms with Crippen molar-refractivity contribution < 1.29 is 9.90 Å². The number of aliphatic hydroxyl groups excluding tert-OH is 1. The Morgan fingerprint density at radius 1 is 1.38 bits per heavy atom. The fraction of sp³-hybridized carbons (Fsp3) is 0.400. The lowest BCUT2D eigenvalue weighted by Gasteiger charge is -2.17. The average molecular weight is 346 g/mol. The van der Waals surface area contributed by atoms with Gasteiger partial charge >= 0.3 is 0 Å². The highest BCUT2D eigenvalue weighted by Gasteiger charge is 2.20. The van der Waals surface area contributed by atoms with Gasteiger partial charge in [0.15, 0.2) is 0 Å². The molecular weight excluding hydrogens is 329 g/mol. The molecule has 0 bridgehead atoms. The quantitative estimate of drug-likeness (QED) is 0.846. The number of hydrogen-bond acceptors (Lipinski definition) is 3. The number of carbonyl (C=O) groups is 1. The molecule has 0 fully saturated rings. The van der Waals surface area contributed by atoms with Crippen LogP contribution in [-0.4, -0.2) is 23.7 Å². The van der Waals surface area contributed by atoms with Crippen LogP contribution in [0.1, 0.15) is 29.9 Å². The lowest BCUT2D eigenvalue weighted by molar-refractivity contribution is 0.0912. The molecule has 0 aliphatic rings. The van der Waals surface area contributed by atoms with E-state index >= 15 is 0 Å². The molecule has 2 rings (SSSR count). The number of nitrogens with one attached hydrogen (secondary N) is 1. The highest BCUT2D eigenvalue weighted by atomic mass is 35.5. The van der Waals surface area contributed by atoms with Crippen LogP contribution in [0.2, 0.25) is 10.0 Å². The topological polar surface area (TPSA) is 49.3 Å². The van der Waals surface area contributed by atoms with Gasteiger partial charge in [0, 0.05) is 15.1 Å². The maximum atomic E-state index is 12.3. The van der Waals surface area contributed by atoms with Crippen molar-refractivity contribution in [1.82, 2.24) is 5.32 Å². The Kier molecular flexibility index (Phi) is 5.49. The Balaban J connectivity index is 2.24. The zero-order valence-electron chi connectivity index (χ0n) is 11.8. The van der Waals surface area contributed by atoms with Crippen LogP contribution in [0.25, 0.3) is 10.1 Å². The van der Waals surface area contributed by atoms with Crippen molar-refractivity contribution >= 4 is 50.5 Å². The van der Waals surface area contributed by atoms with Crippen LogP contribution in [0.15, 0.2) is 18.2 Å². The summed E-state index contributed by atoms with van der Waals surface area (Å²) < 4.78 is 0.877. The Hall–Kier alpha value is -0.810. The van der Waals surface area contributed by atoms with E-state index in [1.807, 2.05) is 19.9 Å². The third-order valence-corrected chi connectivity index (χ3v) is 5.00. The number of amides is 1. The molecule has 1 heterocycles. The second kappa shape index (κ2) is 6.97. The summed E-state index contributed by atoms with van der Waals surface area (Å²) in [5, 5.41) is 14.1. The molecule has 0 spiro atoms. The number of hydrogen-bond donors (Lipinski definition) is 2. The third kappa shape index (κ3) is 3.89. The van der Waals surface area contributed by atoms with Crippen LogP contribution in [0.4, 0.5) is 0 Å². The van der Waals surface area contributed by atoms with Crippen LogP contribution in [0, 0.1) is 5.92 Å². The summed E-state index contributed by atoms with van der Waals surface area (Å²) in [7, 11) is 0. The van der Waals surface area contributed by atoms with E-state index in [1.54, 1.807) is 12.1 Å². The second-order valence-corrected chi connectivity index (χ2v) is 7.23. The van der Waals surface area contributed by atoms with Crippen molar-refractivity contribution in [2.24, 2.45) is 5.92 Å². The van der Waals surface area contributed by atoms with E-state index in [0.29, 0.717) is 20.8 Å². The van der Waals surface area contributed by atoms with Crippen molar-refractivity contribution in [3.8, 4) is 0 Å². The lowest BCUT2D eigenvalue weighted by Crippen LogP contribution is -2.38. The number of carbonyl (C=O) groups excluding carboxylic acids is 1. The first-order valence-electron chi connectivity index (χ1n) is 6.71. The van der Waals surface area contributed by atoms with Gasteiger partial charge in [0.05, 0.1) is 17.7 Å².